The van der Waals surface area contributed by atoms with Crippen LogP contribution in [-0.2, 0) is 26.2 Å². The van der Waals surface area contributed by atoms with Gasteiger partial charge in [-0.1, -0.05) is 24.3 Å². The zero-order chi connectivity index (χ0) is 17.9. The molecular formula is C17H17N3O4S. The highest BCUT2D eigenvalue weighted by molar-refractivity contribution is 7.89. The SMILES string of the molecule is O=C(NCc1cccnc1)C1CCC(=O)N1S(=O)(=O)c1ccccc1. The first-order chi connectivity index (χ1) is 12.0. The lowest BCUT2D eigenvalue weighted by atomic mass is 10.2. The van der Waals surface area contributed by atoms with E-state index in [-0.39, 0.29) is 24.3 Å². The normalized spacial score (nSPS) is 17.5. The van der Waals surface area contributed by atoms with Gasteiger partial charge in [0.25, 0.3) is 10.0 Å². The number of rotatable bonds is 5. The summed E-state index contributed by atoms with van der Waals surface area (Å²) in [5.74, 6) is -1.06. The first kappa shape index (κ1) is 17.1. The van der Waals surface area contributed by atoms with Crippen molar-refractivity contribution in [3.8, 4) is 0 Å². The maximum atomic E-state index is 12.7. The van der Waals surface area contributed by atoms with Gasteiger partial charge in [0.15, 0.2) is 0 Å². The van der Waals surface area contributed by atoms with Crippen LogP contribution < -0.4 is 5.32 Å². The van der Waals surface area contributed by atoms with Crippen LogP contribution in [0, 0.1) is 0 Å². The minimum absolute atomic E-state index is 0.00434. The molecule has 8 heteroatoms. The Bertz CT molecular complexity index is 869. The van der Waals surface area contributed by atoms with Crippen molar-refractivity contribution >= 4 is 21.8 Å². The van der Waals surface area contributed by atoms with E-state index in [9.17, 15) is 18.0 Å². The van der Waals surface area contributed by atoms with Crippen molar-refractivity contribution in [1.29, 1.82) is 0 Å². The van der Waals surface area contributed by atoms with Crippen molar-refractivity contribution < 1.29 is 18.0 Å². The van der Waals surface area contributed by atoms with Gasteiger partial charge < -0.3 is 5.32 Å². The van der Waals surface area contributed by atoms with Crippen LogP contribution in [-0.4, -0.2) is 35.6 Å². The molecule has 1 saturated heterocycles. The number of hydrogen-bond donors (Lipinski definition) is 1. The maximum absolute atomic E-state index is 12.7. The molecule has 7 nitrogen and oxygen atoms in total. The Hall–Kier alpha value is -2.74. The van der Waals surface area contributed by atoms with Gasteiger partial charge in [0.05, 0.1) is 4.90 Å². The van der Waals surface area contributed by atoms with Crippen LogP contribution in [0.3, 0.4) is 0 Å². The van der Waals surface area contributed by atoms with Gasteiger partial charge in [-0.05, 0) is 30.2 Å². The Balaban J connectivity index is 1.79. The molecule has 1 aliphatic heterocycles. The molecule has 0 spiro atoms. The molecule has 1 atom stereocenters. The molecule has 3 rings (SSSR count). The first-order valence-corrected chi connectivity index (χ1v) is 9.23. The molecule has 0 bridgehead atoms. The topological polar surface area (TPSA) is 96.4 Å². The van der Waals surface area contributed by atoms with Gasteiger partial charge in [-0.25, -0.2) is 12.7 Å². The number of hydrogen-bond acceptors (Lipinski definition) is 5. The van der Waals surface area contributed by atoms with Crippen LogP contribution >= 0.6 is 0 Å². The van der Waals surface area contributed by atoms with E-state index in [2.05, 4.69) is 10.3 Å². The number of nitrogens with one attached hydrogen (secondary N) is 1. The molecule has 1 fully saturated rings. The maximum Gasteiger partial charge on any atom is 0.267 e. The number of carbonyl (C=O) groups is 2. The molecule has 0 radical (unpaired) electrons. The molecule has 0 saturated carbocycles. The van der Waals surface area contributed by atoms with Gasteiger partial charge in [-0.3, -0.25) is 14.6 Å². The number of sulfonamides is 1. The number of carbonyl (C=O) groups excluding carboxylic acids is 2. The van der Waals surface area contributed by atoms with Gasteiger partial charge in [-0.2, -0.15) is 0 Å². The standard InChI is InChI=1S/C17H17N3O4S/c21-16-9-8-15(17(22)19-12-13-5-4-10-18-11-13)20(16)25(23,24)14-6-2-1-3-7-14/h1-7,10-11,15H,8-9,12H2,(H,19,22). The number of nitrogens with zero attached hydrogens (tertiary/aromatic N) is 2. The molecular weight excluding hydrogens is 342 g/mol. The second-order valence-electron chi connectivity index (χ2n) is 5.64. The molecule has 1 N–H and O–H groups in total. The minimum atomic E-state index is -4.05. The molecule has 2 aromatic rings. The number of pyridine rings is 1. The van der Waals surface area contributed by atoms with E-state index in [1.54, 1.807) is 42.7 Å². The van der Waals surface area contributed by atoms with E-state index >= 15 is 0 Å². The second kappa shape index (κ2) is 7.02. The summed E-state index contributed by atoms with van der Waals surface area (Å²) in [6.45, 7) is 0.219. The highest BCUT2D eigenvalue weighted by Crippen LogP contribution is 2.27. The van der Waals surface area contributed by atoms with Crippen LogP contribution in [0.5, 0.6) is 0 Å². The summed E-state index contributed by atoms with van der Waals surface area (Å²) in [5.41, 5.74) is 0.789. The van der Waals surface area contributed by atoms with E-state index in [0.717, 1.165) is 5.56 Å². The lowest BCUT2D eigenvalue weighted by Crippen LogP contribution is -2.47. The fraction of sp³-hybridized carbons (Fsp3) is 0.235. The fourth-order valence-corrected chi connectivity index (χ4v) is 4.34. The average molecular weight is 359 g/mol. The predicted molar refractivity (Wildman–Crippen MR) is 89.6 cm³/mol. The first-order valence-electron chi connectivity index (χ1n) is 7.79. The second-order valence-corrected chi connectivity index (χ2v) is 7.46. The van der Waals surface area contributed by atoms with Crippen molar-refractivity contribution in [2.45, 2.75) is 30.3 Å². The third-order valence-electron chi connectivity index (χ3n) is 3.95. The number of amides is 2. The molecule has 1 aromatic heterocycles. The summed E-state index contributed by atoms with van der Waals surface area (Å²) in [4.78, 5) is 28.6. The van der Waals surface area contributed by atoms with Gasteiger partial charge >= 0.3 is 0 Å². The summed E-state index contributed by atoms with van der Waals surface area (Å²) in [6, 6.07) is 10.2. The molecule has 25 heavy (non-hydrogen) atoms. The van der Waals surface area contributed by atoms with Gasteiger partial charge in [0.2, 0.25) is 11.8 Å². The lowest BCUT2D eigenvalue weighted by Gasteiger charge is -2.23. The average Bonchev–Trinajstić information content (AvgIpc) is 3.04. The summed E-state index contributed by atoms with van der Waals surface area (Å²) >= 11 is 0. The third kappa shape index (κ3) is 3.53. The number of aromatic nitrogens is 1. The monoisotopic (exact) mass is 359 g/mol. The quantitative estimate of drug-likeness (QED) is 0.862. The van der Waals surface area contributed by atoms with E-state index in [1.807, 2.05) is 0 Å². The molecule has 0 aliphatic carbocycles. The Morgan fingerprint density at radius 1 is 1.20 bits per heavy atom. The van der Waals surface area contributed by atoms with Crippen molar-refractivity contribution in [1.82, 2.24) is 14.6 Å². The van der Waals surface area contributed by atoms with Gasteiger partial charge in [0.1, 0.15) is 6.04 Å². The van der Waals surface area contributed by atoms with Crippen LogP contribution in [0.15, 0.2) is 59.8 Å². The van der Waals surface area contributed by atoms with E-state index in [1.165, 1.54) is 12.1 Å². The lowest BCUT2D eigenvalue weighted by molar-refractivity contribution is -0.130. The summed E-state index contributed by atoms with van der Waals surface area (Å²) in [7, 11) is -4.05. The molecule has 1 unspecified atom stereocenters. The highest BCUT2D eigenvalue weighted by atomic mass is 32.2. The van der Waals surface area contributed by atoms with Crippen LogP contribution in [0.4, 0.5) is 0 Å². The van der Waals surface area contributed by atoms with Crippen LogP contribution in [0.25, 0.3) is 0 Å². The molecule has 1 aromatic carbocycles. The van der Waals surface area contributed by atoms with Crippen LogP contribution in [0.1, 0.15) is 18.4 Å². The summed E-state index contributed by atoms with van der Waals surface area (Å²) < 4.78 is 26.2. The minimum Gasteiger partial charge on any atom is -0.350 e. The largest absolute Gasteiger partial charge is 0.350 e. The van der Waals surface area contributed by atoms with Gasteiger partial charge in [-0.15, -0.1) is 0 Å². The smallest absolute Gasteiger partial charge is 0.267 e. The van der Waals surface area contributed by atoms with Crippen molar-refractivity contribution in [3.63, 3.8) is 0 Å². The Morgan fingerprint density at radius 2 is 1.96 bits per heavy atom. The summed E-state index contributed by atoms with van der Waals surface area (Å²) in [5, 5.41) is 2.68. The predicted octanol–water partition coefficient (Wildman–Crippen LogP) is 1.08. The van der Waals surface area contributed by atoms with E-state index in [0.29, 0.717) is 4.31 Å². The van der Waals surface area contributed by atoms with Crippen molar-refractivity contribution in [2.24, 2.45) is 0 Å². The van der Waals surface area contributed by atoms with Crippen LogP contribution in [0.2, 0.25) is 0 Å². The van der Waals surface area contributed by atoms with E-state index in [4.69, 9.17) is 0 Å². The molecule has 2 amide bonds. The van der Waals surface area contributed by atoms with Gasteiger partial charge in [0, 0.05) is 25.4 Å². The fourth-order valence-electron chi connectivity index (χ4n) is 2.72. The Kier molecular flexibility index (Phi) is 4.80. The van der Waals surface area contributed by atoms with Crippen molar-refractivity contribution in [2.75, 3.05) is 0 Å². The molecule has 130 valence electrons. The van der Waals surface area contributed by atoms with E-state index < -0.39 is 27.9 Å². The third-order valence-corrected chi connectivity index (χ3v) is 5.80. The summed E-state index contributed by atoms with van der Waals surface area (Å²) in [6.07, 6.45) is 3.43. The zero-order valence-electron chi connectivity index (χ0n) is 13.3. The van der Waals surface area contributed by atoms with Crippen molar-refractivity contribution in [3.05, 3.63) is 60.4 Å². The molecule has 1 aliphatic rings. The highest BCUT2D eigenvalue weighted by Gasteiger charge is 2.44. The Morgan fingerprint density at radius 3 is 2.64 bits per heavy atom. The Labute approximate surface area is 145 Å². The zero-order valence-corrected chi connectivity index (χ0v) is 14.1. The number of benzene rings is 1. The molecule has 2 heterocycles.